The fourth-order valence-electron chi connectivity index (χ4n) is 8.10. The zero-order chi connectivity index (χ0) is 30.6. The smallest absolute Gasteiger partial charge is 0.143 e. The van der Waals surface area contributed by atoms with Gasteiger partial charge >= 0.3 is 0 Å². The molecule has 0 atom stereocenters. The Morgan fingerprint density at radius 3 is 1.81 bits per heavy atom. The Bertz CT molecular complexity index is 3050. The van der Waals surface area contributed by atoms with Gasteiger partial charge in [-0.2, -0.15) is 0 Å². The third-order valence-electron chi connectivity index (χ3n) is 10.3. The molecule has 1 nitrogen and oxygen atoms in total. The molecule has 1 aromatic heterocycles. The second-order valence-electron chi connectivity index (χ2n) is 12.9. The molecule has 0 aliphatic rings. The van der Waals surface area contributed by atoms with E-state index >= 15 is 0 Å². The minimum absolute atomic E-state index is 0.916. The van der Waals surface area contributed by atoms with E-state index in [-0.39, 0.29) is 0 Å². The second kappa shape index (κ2) is 9.19. The molecule has 0 aliphatic carbocycles. The van der Waals surface area contributed by atoms with Crippen LogP contribution in [0.15, 0.2) is 162 Å². The van der Waals surface area contributed by atoms with Crippen molar-refractivity contribution in [3.05, 3.63) is 158 Å². The highest BCUT2D eigenvalue weighted by Crippen LogP contribution is 2.45. The quantitative estimate of drug-likeness (QED) is 0.182. The van der Waals surface area contributed by atoms with Crippen molar-refractivity contribution in [3.8, 4) is 22.3 Å². The third-order valence-corrected chi connectivity index (χ3v) is 10.3. The number of hydrogen-bond donors (Lipinski definition) is 0. The summed E-state index contributed by atoms with van der Waals surface area (Å²) in [6, 6.07) is 58.0. The highest BCUT2D eigenvalue weighted by atomic mass is 16.3. The molecule has 0 bridgehead atoms. The molecule has 0 aliphatic heterocycles. The number of hydrogen-bond acceptors (Lipinski definition) is 1. The van der Waals surface area contributed by atoms with Gasteiger partial charge in [0.15, 0.2) is 0 Å². The van der Waals surface area contributed by atoms with E-state index in [4.69, 9.17) is 4.42 Å². The first kappa shape index (κ1) is 25.1. The van der Waals surface area contributed by atoms with Gasteiger partial charge < -0.3 is 4.42 Å². The van der Waals surface area contributed by atoms with Crippen LogP contribution in [-0.4, -0.2) is 0 Å². The molecule has 0 amide bonds. The van der Waals surface area contributed by atoms with E-state index in [9.17, 15) is 0 Å². The van der Waals surface area contributed by atoms with E-state index < -0.39 is 0 Å². The molecule has 0 saturated carbocycles. The van der Waals surface area contributed by atoms with Crippen LogP contribution in [0.4, 0.5) is 0 Å². The molecular weight excluding hydrogens is 569 g/mol. The zero-order valence-corrected chi connectivity index (χ0v) is 25.4. The van der Waals surface area contributed by atoms with Crippen LogP contribution in [0, 0.1) is 0 Å². The topological polar surface area (TPSA) is 13.1 Å². The monoisotopic (exact) mass is 594 g/mol. The molecule has 10 aromatic carbocycles. The first-order valence-corrected chi connectivity index (χ1v) is 16.2. The number of benzene rings is 10. The molecule has 0 saturated heterocycles. The SMILES string of the molecule is c1ccc2cc3c(cc2c1)oc1c(-c2ccc4c(ccc5ccccc54)c2)cc(-c2ccc4ccc5cccc6ccc2c4c56)cc13. The van der Waals surface area contributed by atoms with Gasteiger partial charge in [-0.25, -0.2) is 0 Å². The minimum atomic E-state index is 0.916. The van der Waals surface area contributed by atoms with Crippen molar-refractivity contribution in [1.82, 2.24) is 0 Å². The highest BCUT2D eigenvalue weighted by molar-refractivity contribution is 6.26. The normalized spacial score (nSPS) is 12.3. The van der Waals surface area contributed by atoms with Crippen molar-refractivity contribution in [1.29, 1.82) is 0 Å². The Balaban J connectivity index is 1.24. The van der Waals surface area contributed by atoms with Crippen LogP contribution < -0.4 is 0 Å². The van der Waals surface area contributed by atoms with Crippen molar-refractivity contribution in [2.75, 3.05) is 0 Å². The molecule has 11 rings (SSSR count). The van der Waals surface area contributed by atoms with Crippen LogP contribution in [0.3, 0.4) is 0 Å². The second-order valence-corrected chi connectivity index (χ2v) is 12.9. The minimum Gasteiger partial charge on any atom is -0.455 e. The van der Waals surface area contributed by atoms with E-state index in [1.165, 1.54) is 75.8 Å². The van der Waals surface area contributed by atoms with Gasteiger partial charge in [0.1, 0.15) is 11.2 Å². The summed E-state index contributed by atoms with van der Waals surface area (Å²) in [5, 5.41) is 17.5. The Hall–Kier alpha value is -6.18. The Morgan fingerprint density at radius 2 is 0.936 bits per heavy atom. The maximum absolute atomic E-state index is 6.80. The summed E-state index contributed by atoms with van der Waals surface area (Å²) >= 11 is 0. The van der Waals surface area contributed by atoms with E-state index in [0.717, 1.165) is 33.1 Å². The lowest BCUT2D eigenvalue weighted by Gasteiger charge is -2.15. The van der Waals surface area contributed by atoms with Gasteiger partial charge in [-0.1, -0.05) is 127 Å². The Kier molecular flexibility index (Phi) is 4.90. The van der Waals surface area contributed by atoms with Crippen LogP contribution >= 0.6 is 0 Å². The van der Waals surface area contributed by atoms with Crippen molar-refractivity contribution < 1.29 is 4.42 Å². The zero-order valence-electron chi connectivity index (χ0n) is 25.4. The summed E-state index contributed by atoms with van der Waals surface area (Å²) in [5.74, 6) is 0. The van der Waals surface area contributed by atoms with Crippen molar-refractivity contribution in [2.45, 2.75) is 0 Å². The van der Waals surface area contributed by atoms with Crippen molar-refractivity contribution in [2.24, 2.45) is 0 Å². The van der Waals surface area contributed by atoms with Crippen LogP contribution in [-0.2, 0) is 0 Å². The highest BCUT2D eigenvalue weighted by Gasteiger charge is 2.19. The molecule has 1 heteroatoms. The fraction of sp³-hybridized carbons (Fsp3) is 0. The Morgan fingerprint density at radius 1 is 0.298 bits per heavy atom. The summed E-state index contributed by atoms with van der Waals surface area (Å²) in [4.78, 5) is 0. The molecule has 0 N–H and O–H groups in total. The number of furan rings is 1. The predicted molar refractivity (Wildman–Crippen MR) is 201 cm³/mol. The first-order chi connectivity index (χ1) is 23.3. The van der Waals surface area contributed by atoms with Crippen LogP contribution in [0.5, 0.6) is 0 Å². The van der Waals surface area contributed by atoms with Gasteiger partial charge in [0.25, 0.3) is 0 Å². The van der Waals surface area contributed by atoms with Gasteiger partial charge in [-0.15, -0.1) is 0 Å². The molecule has 1 heterocycles. The molecule has 216 valence electrons. The van der Waals surface area contributed by atoms with Crippen LogP contribution in [0.25, 0.3) is 109 Å². The van der Waals surface area contributed by atoms with E-state index in [2.05, 4.69) is 158 Å². The maximum atomic E-state index is 6.80. The molecule has 0 unspecified atom stereocenters. The number of rotatable bonds is 2. The van der Waals surface area contributed by atoms with E-state index in [0.29, 0.717) is 0 Å². The van der Waals surface area contributed by atoms with Gasteiger partial charge in [0.2, 0.25) is 0 Å². The van der Waals surface area contributed by atoms with E-state index in [1.54, 1.807) is 0 Å². The van der Waals surface area contributed by atoms with Crippen molar-refractivity contribution >= 4 is 86.6 Å². The average Bonchev–Trinajstić information content (AvgIpc) is 3.49. The van der Waals surface area contributed by atoms with Gasteiger partial charge in [-0.3, -0.25) is 0 Å². The molecular formula is C46H26O. The van der Waals surface area contributed by atoms with Crippen LogP contribution in [0.2, 0.25) is 0 Å². The maximum Gasteiger partial charge on any atom is 0.143 e. The largest absolute Gasteiger partial charge is 0.455 e. The average molecular weight is 595 g/mol. The summed E-state index contributed by atoms with van der Waals surface area (Å²) in [5.41, 5.74) is 6.54. The lowest BCUT2D eigenvalue weighted by Crippen LogP contribution is -1.89. The fourth-order valence-corrected chi connectivity index (χ4v) is 8.10. The molecule has 0 spiro atoms. The van der Waals surface area contributed by atoms with E-state index in [1.807, 2.05) is 0 Å². The molecule has 0 radical (unpaired) electrons. The van der Waals surface area contributed by atoms with Gasteiger partial charge in [-0.05, 0) is 112 Å². The third kappa shape index (κ3) is 3.54. The van der Waals surface area contributed by atoms with Crippen molar-refractivity contribution in [3.63, 3.8) is 0 Å². The summed E-state index contributed by atoms with van der Waals surface area (Å²) in [6.45, 7) is 0. The standard InChI is InChI=1S/C46H26O/c1-2-8-32-26-43-41(23-31(32)7-1)42-25-35(38-19-16-30-14-13-28-9-5-10-29-17-21-39(38)45(30)44(28)29)24-40(46(42)47-43)34-18-20-37-33(22-34)15-12-27-6-3-4-11-36(27)37/h1-26H. The Labute approximate surface area is 270 Å². The molecule has 47 heavy (non-hydrogen) atoms. The van der Waals surface area contributed by atoms with Gasteiger partial charge in [0.05, 0.1) is 0 Å². The lowest BCUT2D eigenvalue weighted by atomic mass is 9.88. The molecule has 0 fully saturated rings. The number of fused-ring (bicyclic) bond motifs is 7. The van der Waals surface area contributed by atoms with Gasteiger partial charge in [0, 0.05) is 16.3 Å². The predicted octanol–water partition coefficient (Wildman–Crippen LogP) is 13.3. The first-order valence-electron chi connectivity index (χ1n) is 16.2. The van der Waals surface area contributed by atoms with Crippen LogP contribution in [0.1, 0.15) is 0 Å². The summed E-state index contributed by atoms with van der Waals surface area (Å²) < 4.78 is 6.80. The summed E-state index contributed by atoms with van der Waals surface area (Å²) in [6.07, 6.45) is 0. The lowest BCUT2D eigenvalue weighted by molar-refractivity contribution is 0.670. The summed E-state index contributed by atoms with van der Waals surface area (Å²) in [7, 11) is 0. The molecule has 11 aromatic rings.